The topological polar surface area (TPSA) is 110 Å². The molecule has 3 rings (SSSR count). The standard InChI is InChI=1S/C20H26N6O2.HI/c1-3-22-20(24-13-15-9-10-18(28-15)19(21)27)23-11-6-12-26-14(2)25-16-7-4-5-8-17(16)26;/h4-5,7-10H,3,6,11-13H2,1-2H3,(H2,21,27)(H2,22,23,24);1H. The number of rotatable bonds is 8. The summed E-state index contributed by atoms with van der Waals surface area (Å²) in [7, 11) is 0. The third-order valence-corrected chi connectivity index (χ3v) is 4.34. The maximum absolute atomic E-state index is 11.1. The number of imidazole rings is 1. The lowest BCUT2D eigenvalue weighted by atomic mass is 10.3. The minimum atomic E-state index is -0.581. The van der Waals surface area contributed by atoms with Crippen molar-refractivity contribution in [1.82, 2.24) is 20.2 Å². The lowest BCUT2D eigenvalue weighted by Crippen LogP contribution is -2.38. The Morgan fingerprint density at radius 2 is 2.03 bits per heavy atom. The highest BCUT2D eigenvalue weighted by atomic mass is 127. The molecule has 0 aliphatic heterocycles. The van der Waals surface area contributed by atoms with E-state index in [0.29, 0.717) is 18.3 Å². The largest absolute Gasteiger partial charge is 0.454 e. The summed E-state index contributed by atoms with van der Waals surface area (Å²) >= 11 is 0. The Morgan fingerprint density at radius 1 is 1.24 bits per heavy atom. The van der Waals surface area contributed by atoms with Gasteiger partial charge in [0.05, 0.1) is 11.0 Å². The van der Waals surface area contributed by atoms with Crippen molar-refractivity contribution in [2.45, 2.75) is 33.4 Å². The Morgan fingerprint density at radius 3 is 2.76 bits per heavy atom. The van der Waals surface area contributed by atoms with Gasteiger partial charge in [-0.1, -0.05) is 12.1 Å². The zero-order valence-electron chi connectivity index (χ0n) is 16.6. The fourth-order valence-electron chi connectivity index (χ4n) is 3.02. The fourth-order valence-corrected chi connectivity index (χ4v) is 3.02. The van der Waals surface area contributed by atoms with E-state index < -0.39 is 5.91 Å². The van der Waals surface area contributed by atoms with Crippen LogP contribution in [0.3, 0.4) is 0 Å². The lowest BCUT2D eigenvalue weighted by Gasteiger charge is -2.12. The van der Waals surface area contributed by atoms with Gasteiger partial charge in [0.15, 0.2) is 11.7 Å². The first-order chi connectivity index (χ1) is 13.6. The normalized spacial score (nSPS) is 11.3. The summed E-state index contributed by atoms with van der Waals surface area (Å²) in [6, 6.07) is 11.4. The van der Waals surface area contributed by atoms with Crippen molar-refractivity contribution in [2.75, 3.05) is 13.1 Å². The molecule has 0 aliphatic rings. The van der Waals surface area contributed by atoms with E-state index in [1.165, 1.54) is 0 Å². The summed E-state index contributed by atoms with van der Waals surface area (Å²) < 4.78 is 7.59. The number of hydrogen-bond donors (Lipinski definition) is 3. The van der Waals surface area contributed by atoms with Crippen LogP contribution in [0.4, 0.5) is 0 Å². The van der Waals surface area contributed by atoms with E-state index in [-0.39, 0.29) is 29.7 Å². The minimum absolute atomic E-state index is 0. The number of nitrogens with one attached hydrogen (secondary N) is 2. The van der Waals surface area contributed by atoms with Crippen LogP contribution >= 0.6 is 24.0 Å². The first kappa shape index (κ1) is 22.7. The number of aryl methyl sites for hydroxylation is 2. The third-order valence-electron chi connectivity index (χ3n) is 4.34. The van der Waals surface area contributed by atoms with Crippen LogP contribution in [0.1, 0.15) is 35.5 Å². The molecule has 0 saturated carbocycles. The van der Waals surface area contributed by atoms with Crippen molar-refractivity contribution in [2.24, 2.45) is 10.7 Å². The average Bonchev–Trinajstić information content (AvgIpc) is 3.27. The Bertz CT molecular complexity index is 978. The molecule has 0 fully saturated rings. The van der Waals surface area contributed by atoms with Gasteiger partial charge in [0.25, 0.3) is 5.91 Å². The molecule has 0 atom stereocenters. The molecule has 0 unspecified atom stereocenters. The number of aromatic nitrogens is 2. The predicted molar refractivity (Wildman–Crippen MR) is 125 cm³/mol. The van der Waals surface area contributed by atoms with Gasteiger partial charge in [-0.05, 0) is 44.5 Å². The Balaban J connectivity index is 0.00000300. The molecular weight excluding hydrogens is 483 g/mol. The number of carbonyl (C=O) groups is 1. The molecule has 2 aromatic heterocycles. The van der Waals surface area contributed by atoms with Gasteiger partial charge < -0.3 is 25.4 Å². The molecule has 0 saturated heterocycles. The number of benzene rings is 1. The average molecular weight is 510 g/mol. The maximum atomic E-state index is 11.1. The number of primary amides is 1. The van der Waals surface area contributed by atoms with Crippen LogP contribution in [0, 0.1) is 6.92 Å². The van der Waals surface area contributed by atoms with Crippen molar-refractivity contribution in [3.05, 3.63) is 53.7 Å². The first-order valence-corrected chi connectivity index (χ1v) is 9.41. The summed E-state index contributed by atoms with van der Waals surface area (Å²) in [5.41, 5.74) is 7.38. The molecule has 29 heavy (non-hydrogen) atoms. The van der Waals surface area contributed by atoms with Crippen LogP contribution in [0.5, 0.6) is 0 Å². The zero-order chi connectivity index (χ0) is 19.9. The number of furan rings is 1. The second-order valence-corrected chi connectivity index (χ2v) is 6.41. The molecule has 0 bridgehead atoms. The molecule has 0 radical (unpaired) electrons. The number of amides is 1. The molecule has 8 nitrogen and oxygen atoms in total. The maximum Gasteiger partial charge on any atom is 0.284 e. The Kier molecular flexibility index (Phi) is 8.50. The Labute approximate surface area is 187 Å². The molecule has 9 heteroatoms. The summed E-state index contributed by atoms with van der Waals surface area (Å²) in [4.78, 5) is 20.2. The second kappa shape index (κ2) is 10.8. The number of hydrogen-bond acceptors (Lipinski definition) is 4. The van der Waals surface area contributed by atoms with E-state index >= 15 is 0 Å². The number of nitrogens with zero attached hydrogens (tertiary/aromatic N) is 3. The van der Waals surface area contributed by atoms with Gasteiger partial charge in [0.2, 0.25) is 0 Å². The van der Waals surface area contributed by atoms with Crippen molar-refractivity contribution in [3.63, 3.8) is 0 Å². The van der Waals surface area contributed by atoms with E-state index in [1.807, 2.05) is 32.0 Å². The van der Waals surface area contributed by atoms with E-state index in [9.17, 15) is 4.79 Å². The number of carbonyl (C=O) groups excluding carboxylic acids is 1. The van der Waals surface area contributed by atoms with Crippen molar-refractivity contribution >= 4 is 46.9 Å². The second-order valence-electron chi connectivity index (χ2n) is 6.41. The summed E-state index contributed by atoms with van der Waals surface area (Å²) in [5.74, 6) is 1.87. The number of para-hydroxylation sites is 2. The predicted octanol–water partition coefficient (Wildman–Crippen LogP) is 2.80. The van der Waals surface area contributed by atoms with E-state index in [1.54, 1.807) is 12.1 Å². The summed E-state index contributed by atoms with van der Waals surface area (Å²) in [6.07, 6.45) is 0.929. The first-order valence-electron chi connectivity index (χ1n) is 9.41. The van der Waals surface area contributed by atoms with Crippen LogP contribution in [-0.2, 0) is 13.1 Å². The van der Waals surface area contributed by atoms with E-state index in [4.69, 9.17) is 10.2 Å². The number of fused-ring (bicyclic) bond motifs is 1. The highest BCUT2D eigenvalue weighted by Crippen LogP contribution is 2.15. The van der Waals surface area contributed by atoms with Gasteiger partial charge in [-0.25, -0.2) is 9.98 Å². The zero-order valence-corrected chi connectivity index (χ0v) is 19.0. The van der Waals surface area contributed by atoms with Gasteiger partial charge in [-0.3, -0.25) is 4.79 Å². The fraction of sp³-hybridized carbons (Fsp3) is 0.350. The summed E-state index contributed by atoms with van der Waals surface area (Å²) in [6.45, 7) is 6.76. The monoisotopic (exact) mass is 510 g/mol. The smallest absolute Gasteiger partial charge is 0.284 e. The van der Waals surface area contributed by atoms with E-state index in [0.717, 1.165) is 42.9 Å². The molecule has 4 N–H and O–H groups in total. The summed E-state index contributed by atoms with van der Waals surface area (Å²) in [5, 5.41) is 6.53. The third kappa shape index (κ3) is 5.96. The molecule has 0 aliphatic carbocycles. The van der Waals surface area contributed by atoms with Crippen LogP contribution in [-0.4, -0.2) is 34.5 Å². The Hall–Kier alpha value is -2.56. The SMILES string of the molecule is CCNC(=NCc1ccc(C(N)=O)o1)NCCCn1c(C)nc2ccccc21.I. The van der Waals surface area contributed by atoms with Crippen LogP contribution < -0.4 is 16.4 Å². The van der Waals surface area contributed by atoms with Crippen LogP contribution in [0.2, 0.25) is 0 Å². The molecule has 3 aromatic rings. The number of aliphatic imine (C=N–C) groups is 1. The van der Waals surface area contributed by atoms with Crippen LogP contribution in [0.15, 0.2) is 45.8 Å². The quantitative estimate of drug-likeness (QED) is 0.187. The highest BCUT2D eigenvalue weighted by Gasteiger charge is 2.08. The number of halogens is 1. The van der Waals surface area contributed by atoms with Crippen molar-refractivity contribution in [3.8, 4) is 0 Å². The van der Waals surface area contributed by atoms with Gasteiger partial charge in [0, 0.05) is 19.6 Å². The molecule has 156 valence electrons. The molecule has 1 amide bonds. The molecule has 2 heterocycles. The molecule has 1 aromatic carbocycles. The van der Waals surface area contributed by atoms with Crippen molar-refractivity contribution < 1.29 is 9.21 Å². The van der Waals surface area contributed by atoms with Crippen molar-refractivity contribution in [1.29, 1.82) is 0 Å². The minimum Gasteiger partial charge on any atom is -0.454 e. The van der Waals surface area contributed by atoms with Gasteiger partial charge >= 0.3 is 0 Å². The van der Waals surface area contributed by atoms with E-state index in [2.05, 4.69) is 31.2 Å². The van der Waals surface area contributed by atoms with Gasteiger partial charge in [-0.2, -0.15) is 0 Å². The van der Waals surface area contributed by atoms with Gasteiger partial charge in [0.1, 0.15) is 18.1 Å². The van der Waals surface area contributed by atoms with Crippen LogP contribution in [0.25, 0.3) is 11.0 Å². The number of guanidine groups is 1. The number of nitrogens with two attached hydrogens (primary N) is 1. The molecule has 0 spiro atoms. The lowest BCUT2D eigenvalue weighted by molar-refractivity contribution is 0.0972. The highest BCUT2D eigenvalue weighted by molar-refractivity contribution is 14.0. The van der Waals surface area contributed by atoms with Gasteiger partial charge in [-0.15, -0.1) is 24.0 Å². The molecular formula is C20H27IN6O2.